The molecule has 0 aliphatic heterocycles. The summed E-state index contributed by atoms with van der Waals surface area (Å²) in [5.74, 6) is 1.92. The van der Waals surface area contributed by atoms with E-state index in [1.807, 2.05) is 30.4 Å². The molecule has 0 N–H and O–H groups in total. The highest BCUT2D eigenvalue weighted by molar-refractivity contribution is 7.17. The van der Waals surface area contributed by atoms with E-state index in [0.29, 0.717) is 32.3 Å². The Kier molecular flexibility index (Phi) is 5.21. The standard InChI is InChI=1S/C19H14Cl2N4O2S/c1-26-15-7-3-11(9-16(15)27-2)4-8-17-24-25-18(22-23-19(25)28-17)13-6-5-12(20)10-14(13)21/h3-10H,1-2H3. The SMILES string of the molecule is COc1ccc(C=Cc2nn3c(-c4ccc(Cl)cc4Cl)nnc3s2)cc1OC. The highest BCUT2D eigenvalue weighted by Gasteiger charge is 2.15. The zero-order chi connectivity index (χ0) is 19.7. The summed E-state index contributed by atoms with van der Waals surface area (Å²) in [4.78, 5) is 0.674. The highest BCUT2D eigenvalue weighted by atomic mass is 35.5. The van der Waals surface area contributed by atoms with E-state index in [2.05, 4.69) is 15.3 Å². The van der Waals surface area contributed by atoms with Crippen LogP contribution in [0.25, 0.3) is 28.5 Å². The predicted octanol–water partition coefficient (Wildman–Crippen LogP) is 5.35. The maximum Gasteiger partial charge on any atom is 0.235 e. The molecule has 0 aliphatic rings. The number of methoxy groups -OCH3 is 2. The molecule has 0 saturated carbocycles. The largest absolute Gasteiger partial charge is 0.493 e. The maximum atomic E-state index is 6.30. The fourth-order valence-corrected chi connectivity index (χ4v) is 3.90. The third-order valence-corrected chi connectivity index (χ3v) is 5.42. The Hall–Kier alpha value is -2.61. The number of rotatable bonds is 5. The molecule has 142 valence electrons. The number of fused-ring (bicyclic) bond motifs is 1. The van der Waals surface area contributed by atoms with Gasteiger partial charge < -0.3 is 9.47 Å². The Balaban J connectivity index is 1.66. The van der Waals surface area contributed by atoms with Crippen LogP contribution in [-0.2, 0) is 0 Å². The second-order valence-corrected chi connectivity index (χ2v) is 7.56. The minimum atomic E-state index is 0.497. The van der Waals surface area contributed by atoms with Crippen molar-refractivity contribution in [3.05, 3.63) is 57.0 Å². The molecule has 2 aromatic carbocycles. The van der Waals surface area contributed by atoms with Gasteiger partial charge in [0, 0.05) is 10.6 Å². The molecule has 0 spiro atoms. The first kappa shape index (κ1) is 18.7. The van der Waals surface area contributed by atoms with Crippen LogP contribution in [0.5, 0.6) is 11.5 Å². The minimum Gasteiger partial charge on any atom is -0.493 e. The van der Waals surface area contributed by atoms with Crippen molar-refractivity contribution in [2.24, 2.45) is 0 Å². The Bertz CT molecular complexity index is 1190. The number of hydrogen-bond donors (Lipinski definition) is 0. The number of nitrogens with zero attached hydrogens (tertiary/aromatic N) is 4. The fraction of sp³-hybridized carbons (Fsp3) is 0.105. The average molecular weight is 433 g/mol. The summed E-state index contributed by atoms with van der Waals surface area (Å²) in [5.41, 5.74) is 1.68. The Morgan fingerprint density at radius 3 is 2.54 bits per heavy atom. The van der Waals surface area contributed by atoms with Gasteiger partial charge in [0.1, 0.15) is 5.01 Å². The zero-order valence-electron chi connectivity index (χ0n) is 14.9. The molecular weight excluding hydrogens is 419 g/mol. The molecule has 2 aromatic heterocycles. The van der Waals surface area contributed by atoms with Gasteiger partial charge in [0.05, 0.1) is 19.2 Å². The summed E-state index contributed by atoms with van der Waals surface area (Å²) < 4.78 is 12.3. The van der Waals surface area contributed by atoms with Crippen LogP contribution in [0.4, 0.5) is 0 Å². The van der Waals surface area contributed by atoms with Crippen molar-refractivity contribution in [1.82, 2.24) is 19.8 Å². The van der Waals surface area contributed by atoms with Gasteiger partial charge in [0.25, 0.3) is 0 Å². The van der Waals surface area contributed by atoms with E-state index in [9.17, 15) is 0 Å². The monoisotopic (exact) mass is 432 g/mol. The molecule has 4 rings (SSSR count). The highest BCUT2D eigenvalue weighted by Crippen LogP contribution is 2.31. The molecule has 0 bridgehead atoms. The first-order valence-corrected chi connectivity index (χ1v) is 9.74. The average Bonchev–Trinajstić information content (AvgIpc) is 3.27. The van der Waals surface area contributed by atoms with Crippen LogP contribution in [0.1, 0.15) is 10.6 Å². The lowest BCUT2D eigenvalue weighted by Gasteiger charge is -2.07. The normalized spacial score (nSPS) is 11.4. The first-order valence-electron chi connectivity index (χ1n) is 8.17. The van der Waals surface area contributed by atoms with E-state index in [1.54, 1.807) is 36.9 Å². The molecular formula is C19H14Cl2N4O2S. The summed E-state index contributed by atoms with van der Waals surface area (Å²) in [5, 5.41) is 14.8. The van der Waals surface area contributed by atoms with Gasteiger partial charge in [-0.3, -0.25) is 0 Å². The van der Waals surface area contributed by atoms with Crippen molar-refractivity contribution >= 4 is 51.7 Å². The van der Waals surface area contributed by atoms with Gasteiger partial charge in [0.2, 0.25) is 4.96 Å². The van der Waals surface area contributed by atoms with Crippen LogP contribution in [0.2, 0.25) is 10.0 Å². The van der Waals surface area contributed by atoms with Gasteiger partial charge in [-0.15, -0.1) is 10.2 Å². The van der Waals surface area contributed by atoms with Crippen molar-refractivity contribution in [3.8, 4) is 22.9 Å². The van der Waals surface area contributed by atoms with E-state index in [1.165, 1.54) is 11.3 Å². The lowest BCUT2D eigenvalue weighted by atomic mass is 10.2. The van der Waals surface area contributed by atoms with Crippen LogP contribution in [0, 0.1) is 0 Å². The lowest BCUT2D eigenvalue weighted by molar-refractivity contribution is 0.355. The number of ether oxygens (including phenoxy) is 2. The van der Waals surface area contributed by atoms with E-state index < -0.39 is 0 Å². The van der Waals surface area contributed by atoms with Gasteiger partial charge in [-0.1, -0.05) is 46.7 Å². The molecule has 9 heteroatoms. The smallest absolute Gasteiger partial charge is 0.235 e. The van der Waals surface area contributed by atoms with Crippen molar-refractivity contribution in [3.63, 3.8) is 0 Å². The van der Waals surface area contributed by atoms with Gasteiger partial charge in [-0.05, 0) is 42.0 Å². The number of benzene rings is 2. The lowest BCUT2D eigenvalue weighted by Crippen LogP contribution is -1.91. The predicted molar refractivity (Wildman–Crippen MR) is 113 cm³/mol. The molecule has 28 heavy (non-hydrogen) atoms. The molecule has 0 fully saturated rings. The third kappa shape index (κ3) is 3.56. The Morgan fingerprint density at radius 2 is 1.79 bits per heavy atom. The van der Waals surface area contributed by atoms with Gasteiger partial charge in [-0.25, -0.2) is 0 Å². The molecule has 2 heterocycles. The molecule has 0 atom stereocenters. The number of hydrogen-bond acceptors (Lipinski definition) is 6. The summed E-state index contributed by atoms with van der Waals surface area (Å²) in [6, 6.07) is 10.9. The summed E-state index contributed by atoms with van der Waals surface area (Å²) in [7, 11) is 3.22. The topological polar surface area (TPSA) is 61.5 Å². The first-order chi connectivity index (χ1) is 13.6. The Morgan fingerprint density at radius 1 is 0.964 bits per heavy atom. The summed E-state index contributed by atoms with van der Waals surface area (Å²) in [6.07, 6.45) is 3.86. The summed E-state index contributed by atoms with van der Waals surface area (Å²) >= 11 is 13.7. The van der Waals surface area contributed by atoms with Crippen molar-refractivity contribution in [2.45, 2.75) is 0 Å². The van der Waals surface area contributed by atoms with Crippen LogP contribution < -0.4 is 9.47 Å². The van der Waals surface area contributed by atoms with E-state index in [0.717, 1.165) is 16.1 Å². The molecule has 0 unspecified atom stereocenters. The van der Waals surface area contributed by atoms with Crippen LogP contribution >= 0.6 is 34.5 Å². The van der Waals surface area contributed by atoms with Gasteiger partial charge >= 0.3 is 0 Å². The quantitative estimate of drug-likeness (QED) is 0.425. The third-order valence-electron chi connectivity index (χ3n) is 4.00. The van der Waals surface area contributed by atoms with Crippen LogP contribution in [-0.4, -0.2) is 34.0 Å². The Labute approximate surface area is 175 Å². The second-order valence-electron chi connectivity index (χ2n) is 5.73. The van der Waals surface area contributed by atoms with Crippen molar-refractivity contribution < 1.29 is 9.47 Å². The van der Waals surface area contributed by atoms with E-state index in [-0.39, 0.29) is 0 Å². The minimum absolute atomic E-state index is 0.497. The zero-order valence-corrected chi connectivity index (χ0v) is 17.2. The van der Waals surface area contributed by atoms with E-state index in [4.69, 9.17) is 32.7 Å². The van der Waals surface area contributed by atoms with Crippen LogP contribution in [0.3, 0.4) is 0 Å². The van der Waals surface area contributed by atoms with Crippen LogP contribution in [0.15, 0.2) is 36.4 Å². The van der Waals surface area contributed by atoms with E-state index >= 15 is 0 Å². The van der Waals surface area contributed by atoms with Crippen molar-refractivity contribution in [2.75, 3.05) is 14.2 Å². The maximum absolute atomic E-state index is 6.30. The van der Waals surface area contributed by atoms with Gasteiger partial charge in [0.15, 0.2) is 17.3 Å². The summed E-state index contributed by atoms with van der Waals surface area (Å²) in [6.45, 7) is 0. The fourth-order valence-electron chi connectivity index (χ4n) is 2.66. The number of aromatic nitrogens is 4. The second kappa shape index (κ2) is 7.79. The molecule has 0 amide bonds. The molecule has 0 radical (unpaired) electrons. The molecule has 4 aromatic rings. The van der Waals surface area contributed by atoms with Crippen molar-refractivity contribution in [1.29, 1.82) is 0 Å². The number of halogens is 2. The molecule has 0 saturated heterocycles. The molecule has 6 nitrogen and oxygen atoms in total. The van der Waals surface area contributed by atoms with Gasteiger partial charge in [-0.2, -0.15) is 9.61 Å². The molecule has 0 aliphatic carbocycles.